The van der Waals surface area contributed by atoms with E-state index in [1.807, 2.05) is 0 Å². The minimum Gasteiger partial charge on any atom is -0.353 e. The summed E-state index contributed by atoms with van der Waals surface area (Å²) in [5.41, 5.74) is 0. The van der Waals surface area contributed by atoms with Gasteiger partial charge in [0.1, 0.15) is 0 Å². The molecule has 2 aliphatic carbocycles. The molecule has 14 heavy (non-hydrogen) atoms. The minimum absolute atomic E-state index is 0.254. The van der Waals surface area contributed by atoms with E-state index < -0.39 is 4.84 Å². The topological polar surface area (TPSA) is 29.1 Å². The SMILES string of the molecule is O=C(NC[C@H]1C[C@@H]2CC[C@H]1C2)C(Cl)Cl. The van der Waals surface area contributed by atoms with Gasteiger partial charge < -0.3 is 5.32 Å². The number of hydrogen-bond donors (Lipinski definition) is 1. The zero-order valence-corrected chi connectivity index (χ0v) is 9.52. The summed E-state index contributed by atoms with van der Waals surface area (Å²) < 4.78 is 0. The molecule has 0 radical (unpaired) electrons. The molecule has 0 aliphatic heterocycles. The van der Waals surface area contributed by atoms with E-state index in [9.17, 15) is 4.79 Å². The lowest BCUT2D eigenvalue weighted by Gasteiger charge is -2.21. The second kappa shape index (κ2) is 4.28. The zero-order valence-electron chi connectivity index (χ0n) is 8.01. The molecule has 2 rings (SSSR count). The van der Waals surface area contributed by atoms with Crippen molar-refractivity contribution in [2.24, 2.45) is 17.8 Å². The first-order chi connectivity index (χ1) is 6.66. The maximum Gasteiger partial charge on any atom is 0.253 e. The van der Waals surface area contributed by atoms with Crippen molar-refractivity contribution in [2.75, 3.05) is 6.54 Å². The lowest BCUT2D eigenvalue weighted by molar-refractivity contribution is -0.119. The number of hydrogen-bond acceptors (Lipinski definition) is 1. The van der Waals surface area contributed by atoms with E-state index in [1.54, 1.807) is 0 Å². The lowest BCUT2D eigenvalue weighted by Crippen LogP contribution is -2.34. The minimum atomic E-state index is -0.923. The van der Waals surface area contributed by atoms with Crippen LogP contribution >= 0.6 is 23.2 Å². The number of carbonyl (C=O) groups excluding carboxylic acids is 1. The highest BCUT2D eigenvalue weighted by Crippen LogP contribution is 2.47. The summed E-state index contributed by atoms with van der Waals surface area (Å²) in [6, 6.07) is 0. The molecule has 0 spiro atoms. The fourth-order valence-electron chi connectivity index (χ4n) is 2.94. The molecule has 2 saturated carbocycles. The van der Waals surface area contributed by atoms with Gasteiger partial charge in [0.25, 0.3) is 5.91 Å². The van der Waals surface area contributed by atoms with Crippen LogP contribution in [0.3, 0.4) is 0 Å². The van der Waals surface area contributed by atoms with Crippen LogP contribution in [0.5, 0.6) is 0 Å². The smallest absolute Gasteiger partial charge is 0.253 e. The first kappa shape index (κ1) is 10.6. The molecular formula is C10H15Cl2NO. The quantitative estimate of drug-likeness (QED) is 0.748. The molecule has 2 aliphatic rings. The molecule has 2 nitrogen and oxygen atoms in total. The van der Waals surface area contributed by atoms with E-state index in [1.165, 1.54) is 25.7 Å². The van der Waals surface area contributed by atoms with Gasteiger partial charge in [0.05, 0.1) is 0 Å². The largest absolute Gasteiger partial charge is 0.353 e. The Morgan fingerprint density at radius 2 is 2.14 bits per heavy atom. The van der Waals surface area contributed by atoms with E-state index in [0.29, 0.717) is 5.92 Å². The normalized spacial score (nSPS) is 35.2. The molecule has 3 atom stereocenters. The van der Waals surface area contributed by atoms with Gasteiger partial charge in [-0.3, -0.25) is 4.79 Å². The number of fused-ring (bicyclic) bond motifs is 2. The molecule has 0 unspecified atom stereocenters. The Labute approximate surface area is 94.3 Å². The molecule has 4 heteroatoms. The zero-order chi connectivity index (χ0) is 10.1. The summed E-state index contributed by atoms with van der Waals surface area (Å²) in [5.74, 6) is 2.18. The van der Waals surface area contributed by atoms with Crippen LogP contribution in [0.25, 0.3) is 0 Å². The van der Waals surface area contributed by atoms with Crippen molar-refractivity contribution >= 4 is 29.1 Å². The highest BCUT2D eigenvalue weighted by Gasteiger charge is 2.39. The fourth-order valence-corrected chi connectivity index (χ4v) is 3.09. The third-order valence-corrected chi connectivity index (χ3v) is 4.02. The van der Waals surface area contributed by atoms with Crippen molar-refractivity contribution in [2.45, 2.75) is 30.5 Å². The van der Waals surface area contributed by atoms with E-state index in [-0.39, 0.29) is 5.91 Å². The van der Waals surface area contributed by atoms with E-state index >= 15 is 0 Å². The molecule has 2 fully saturated rings. The van der Waals surface area contributed by atoms with Crippen molar-refractivity contribution in [1.82, 2.24) is 5.32 Å². The van der Waals surface area contributed by atoms with E-state index in [4.69, 9.17) is 23.2 Å². The number of nitrogens with one attached hydrogen (secondary N) is 1. The Bertz CT molecular complexity index is 232. The van der Waals surface area contributed by atoms with E-state index in [0.717, 1.165) is 18.4 Å². The lowest BCUT2D eigenvalue weighted by atomic mass is 9.89. The molecular weight excluding hydrogens is 221 g/mol. The second-order valence-corrected chi connectivity index (χ2v) is 5.58. The number of amides is 1. The average Bonchev–Trinajstić information content (AvgIpc) is 2.74. The first-order valence-corrected chi connectivity index (χ1v) is 6.10. The Balaban J connectivity index is 1.74. The highest BCUT2D eigenvalue weighted by molar-refractivity contribution is 6.53. The monoisotopic (exact) mass is 235 g/mol. The van der Waals surface area contributed by atoms with Gasteiger partial charge >= 0.3 is 0 Å². The van der Waals surface area contributed by atoms with Crippen molar-refractivity contribution in [3.05, 3.63) is 0 Å². The number of rotatable bonds is 3. The van der Waals surface area contributed by atoms with Gasteiger partial charge in [-0.2, -0.15) is 0 Å². The molecule has 80 valence electrons. The Morgan fingerprint density at radius 3 is 2.64 bits per heavy atom. The van der Waals surface area contributed by atoms with Crippen LogP contribution in [-0.2, 0) is 4.79 Å². The van der Waals surface area contributed by atoms with Crippen LogP contribution < -0.4 is 5.32 Å². The summed E-state index contributed by atoms with van der Waals surface area (Å²) in [6.07, 6.45) is 5.38. The summed E-state index contributed by atoms with van der Waals surface area (Å²) in [6.45, 7) is 0.760. The van der Waals surface area contributed by atoms with Crippen molar-refractivity contribution in [3.8, 4) is 0 Å². The van der Waals surface area contributed by atoms with Gasteiger partial charge in [0.15, 0.2) is 4.84 Å². The third kappa shape index (κ3) is 2.17. The standard InChI is InChI=1S/C10H15Cl2NO/c11-9(12)10(14)13-5-8-4-6-1-2-7(8)3-6/h6-9H,1-5H2,(H,13,14)/t6-,7+,8-/m1/s1. The van der Waals surface area contributed by atoms with Crippen molar-refractivity contribution in [1.29, 1.82) is 0 Å². The summed E-state index contributed by atoms with van der Waals surface area (Å²) in [5, 5.41) is 2.81. The molecule has 0 aromatic heterocycles. The highest BCUT2D eigenvalue weighted by atomic mass is 35.5. The van der Waals surface area contributed by atoms with Crippen molar-refractivity contribution < 1.29 is 4.79 Å². The second-order valence-electron chi connectivity index (χ2n) is 4.48. The number of carbonyl (C=O) groups is 1. The average molecular weight is 236 g/mol. The number of alkyl halides is 2. The summed E-state index contributed by atoms with van der Waals surface area (Å²) in [7, 11) is 0. The first-order valence-electron chi connectivity index (χ1n) is 5.22. The van der Waals surface area contributed by atoms with Crippen LogP contribution in [0.15, 0.2) is 0 Å². The third-order valence-electron chi connectivity index (χ3n) is 3.62. The van der Waals surface area contributed by atoms with Gasteiger partial charge in [-0.15, -0.1) is 0 Å². The van der Waals surface area contributed by atoms with Gasteiger partial charge in [-0.1, -0.05) is 29.6 Å². The summed E-state index contributed by atoms with van der Waals surface area (Å²) >= 11 is 10.9. The van der Waals surface area contributed by atoms with Gasteiger partial charge in [-0.25, -0.2) is 0 Å². The summed E-state index contributed by atoms with van der Waals surface area (Å²) in [4.78, 5) is 10.2. The van der Waals surface area contributed by atoms with Gasteiger partial charge in [0.2, 0.25) is 0 Å². The molecule has 1 N–H and O–H groups in total. The molecule has 0 heterocycles. The molecule has 2 bridgehead atoms. The van der Waals surface area contributed by atoms with Gasteiger partial charge in [0, 0.05) is 6.54 Å². The Kier molecular flexibility index (Phi) is 3.23. The molecule has 0 saturated heterocycles. The van der Waals surface area contributed by atoms with Crippen LogP contribution in [-0.4, -0.2) is 17.3 Å². The van der Waals surface area contributed by atoms with E-state index in [2.05, 4.69) is 5.32 Å². The predicted molar refractivity (Wildman–Crippen MR) is 57.4 cm³/mol. The van der Waals surface area contributed by atoms with Crippen LogP contribution in [0.2, 0.25) is 0 Å². The maximum absolute atomic E-state index is 11.1. The van der Waals surface area contributed by atoms with Gasteiger partial charge in [-0.05, 0) is 37.0 Å². The van der Waals surface area contributed by atoms with Crippen molar-refractivity contribution in [3.63, 3.8) is 0 Å². The van der Waals surface area contributed by atoms with Crippen LogP contribution in [0, 0.1) is 17.8 Å². The number of halogens is 2. The van der Waals surface area contributed by atoms with Crippen LogP contribution in [0.1, 0.15) is 25.7 Å². The predicted octanol–water partition coefficient (Wildman–Crippen LogP) is 2.34. The Morgan fingerprint density at radius 1 is 1.36 bits per heavy atom. The molecule has 0 aromatic carbocycles. The van der Waals surface area contributed by atoms with Crippen LogP contribution in [0.4, 0.5) is 0 Å². The molecule has 0 aromatic rings. The fraction of sp³-hybridized carbons (Fsp3) is 0.900. The molecule has 1 amide bonds. The maximum atomic E-state index is 11.1. The Hall–Kier alpha value is 0.0500.